The van der Waals surface area contributed by atoms with Crippen molar-refractivity contribution in [2.24, 2.45) is 5.92 Å². The van der Waals surface area contributed by atoms with Crippen molar-refractivity contribution in [1.82, 2.24) is 35.7 Å². The van der Waals surface area contributed by atoms with Gasteiger partial charge in [-0.15, -0.1) is 0 Å². The number of imidazole rings is 1. The van der Waals surface area contributed by atoms with E-state index in [-0.39, 0.29) is 69.8 Å². The van der Waals surface area contributed by atoms with Crippen LogP contribution in [-0.4, -0.2) is 126 Å². The molecule has 4 atom stereocenters. The molecule has 68 heavy (non-hydrogen) atoms. The third-order valence-electron chi connectivity index (χ3n) is 11.7. The lowest BCUT2D eigenvalue weighted by atomic mass is 9.96. The van der Waals surface area contributed by atoms with Gasteiger partial charge in [-0.05, 0) is 58.0 Å². The van der Waals surface area contributed by atoms with E-state index >= 15 is 0 Å². The highest BCUT2D eigenvalue weighted by Gasteiger charge is 2.33. The van der Waals surface area contributed by atoms with E-state index in [1.165, 1.54) is 33.7 Å². The van der Waals surface area contributed by atoms with E-state index in [2.05, 4.69) is 25.9 Å². The van der Waals surface area contributed by atoms with Gasteiger partial charge in [0.25, 0.3) is 0 Å². The molecule has 2 unspecified atom stereocenters. The zero-order chi connectivity index (χ0) is 48.6. The van der Waals surface area contributed by atoms with Gasteiger partial charge >= 0.3 is 6.09 Å². The number of carbonyl (C=O) groups excluding carboxylic acids is 5. The predicted molar refractivity (Wildman–Crippen MR) is 256 cm³/mol. The third kappa shape index (κ3) is 13.8. The molecule has 0 saturated carbocycles. The van der Waals surface area contributed by atoms with Gasteiger partial charge in [-0.1, -0.05) is 86.6 Å². The number of alkyl carbamates (subject to hydrolysis) is 1. The minimum atomic E-state index is -1.28. The number of piperazine rings is 1. The first kappa shape index (κ1) is 50.0. The summed E-state index contributed by atoms with van der Waals surface area (Å²) in [7, 11) is 4.54. The van der Waals surface area contributed by atoms with Crippen LogP contribution in [0.15, 0.2) is 104 Å². The highest BCUT2D eigenvalue weighted by molar-refractivity contribution is 5.94. The van der Waals surface area contributed by atoms with E-state index in [4.69, 9.17) is 18.9 Å². The molecule has 2 heterocycles. The fourth-order valence-electron chi connectivity index (χ4n) is 8.10. The fourth-order valence-corrected chi connectivity index (χ4v) is 8.10. The zero-order valence-corrected chi connectivity index (χ0v) is 39.1. The predicted octanol–water partition coefficient (Wildman–Crippen LogP) is 4.82. The third-order valence-corrected chi connectivity index (χ3v) is 11.7. The number of H-pyrrole nitrogens is 1. The number of aliphatic hydroxyl groups excluding tert-OH is 1. The number of amides is 5. The minimum absolute atomic E-state index is 0.00306. The van der Waals surface area contributed by atoms with Gasteiger partial charge in [0.15, 0.2) is 11.5 Å². The van der Waals surface area contributed by atoms with Gasteiger partial charge < -0.3 is 54.8 Å². The molecule has 1 fully saturated rings. The summed E-state index contributed by atoms with van der Waals surface area (Å²) in [4.78, 5) is 79.2. The van der Waals surface area contributed by atoms with Crippen LogP contribution in [-0.2, 0) is 43.4 Å². The number of rotatable bonds is 21. The van der Waals surface area contributed by atoms with E-state index in [1.807, 2.05) is 86.6 Å². The number of hydrogen-bond acceptors (Lipinski definition) is 11. The van der Waals surface area contributed by atoms with E-state index in [1.54, 1.807) is 34.2 Å². The lowest BCUT2D eigenvalue weighted by Gasteiger charge is -2.35. The number of nitrogens with one attached hydrogen (secondary N) is 4. The van der Waals surface area contributed by atoms with E-state index in [0.29, 0.717) is 34.9 Å². The van der Waals surface area contributed by atoms with Crippen molar-refractivity contribution in [2.75, 3.05) is 47.5 Å². The smallest absolute Gasteiger partial charge is 0.408 e. The van der Waals surface area contributed by atoms with Crippen LogP contribution in [0.5, 0.6) is 17.2 Å². The number of fused-ring (bicyclic) bond motifs is 1. The number of hydrogen-bond donors (Lipinski definition) is 5. The summed E-state index contributed by atoms with van der Waals surface area (Å²) in [6.07, 6.45) is 4.17. The fraction of sp³-hybridized carbons (Fsp3) is 0.373. The van der Waals surface area contributed by atoms with E-state index in [9.17, 15) is 29.1 Å². The largest absolute Gasteiger partial charge is 0.493 e. The molecule has 1 aromatic heterocycles. The summed E-state index contributed by atoms with van der Waals surface area (Å²) in [5.41, 5.74) is 2.71. The van der Waals surface area contributed by atoms with E-state index in [0.717, 1.165) is 21.9 Å². The Labute approximate surface area is 396 Å². The topological polar surface area (TPSA) is 214 Å². The van der Waals surface area contributed by atoms with Crippen molar-refractivity contribution in [3.63, 3.8) is 0 Å². The van der Waals surface area contributed by atoms with Crippen LogP contribution in [0, 0.1) is 5.92 Å². The van der Waals surface area contributed by atoms with Crippen molar-refractivity contribution in [2.45, 2.75) is 70.4 Å². The van der Waals surface area contributed by atoms with Crippen LogP contribution in [0.4, 0.5) is 4.79 Å². The van der Waals surface area contributed by atoms with Crippen LogP contribution in [0.25, 0.3) is 16.8 Å². The maximum Gasteiger partial charge on any atom is 0.408 e. The molecule has 4 aromatic carbocycles. The maximum absolute atomic E-state index is 14.4. The minimum Gasteiger partial charge on any atom is -0.493 e. The molecule has 17 nitrogen and oxygen atoms in total. The second kappa shape index (κ2) is 24.4. The summed E-state index contributed by atoms with van der Waals surface area (Å²) in [6, 6.07) is 22.8. The maximum atomic E-state index is 14.4. The number of aromatic amines is 1. The molecule has 0 radical (unpaired) electrons. The molecule has 5 aromatic rings. The molecule has 1 saturated heterocycles. The first-order valence-electron chi connectivity index (χ1n) is 22.6. The molecule has 0 bridgehead atoms. The van der Waals surface area contributed by atoms with Gasteiger partial charge in [-0.25, -0.2) is 9.78 Å². The molecule has 5 amide bonds. The van der Waals surface area contributed by atoms with Gasteiger partial charge in [-0.2, -0.15) is 0 Å². The quantitative estimate of drug-likeness (QED) is 0.0630. The average Bonchev–Trinajstić information content (AvgIpc) is 3.87. The van der Waals surface area contributed by atoms with Crippen LogP contribution < -0.4 is 30.2 Å². The summed E-state index contributed by atoms with van der Waals surface area (Å²) in [6.45, 7) is 4.91. The number of carbonyl (C=O) groups is 5. The summed E-state index contributed by atoms with van der Waals surface area (Å²) in [5, 5.41) is 22.0. The Balaban J connectivity index is 1.11. The molecular weight excluding hydrogens is 871 g/mol. The lowest BCUT2D eigenvalue weighted by Crippen LogP contribution is -2.58. The first-order valence-corrected chi connectivity index (χ1v) is 22.6. The zero-order valence-electron chi connectivity index (χ0n) is 39.1. The standard InChI is InChI=1S/C51H61N7O10/c1-33(2)24-40(43(59)29-47(61)58-22-20-57(21-23-58)46(60)19-18-35-25-44(65-3)48(67-5)45(26-35)66-4)54-50(63)42(28-38-30-52-32-53-38)55-49(62)41(56-51(64)68-31-34-12-7-6-8-13-34)27-37-16-11-15-36-14-9-10-17-39(36)37/h6-19,25-26,30,32-33,40-43,59H,20-24,27-29,31H2,1-5H3,(H,52,53)(H,54,63)(H,55,62)(H,56,64)/b19-18+/t40?,41-,42-,43?/m0/s1. The summed E-state index contributed by atoms with van der Waals surface area (Å²) >= 11 is 0. The van der Waals surface area contributed by atoms with Gasteiger partial charge in [0.05, 0.1) is 51.9 Å². The number of methoxy groups -OCH3 is 3. The first-order chi connectivity index (χ1) is 32.8. The number of ether oxygens (including phenoxy) is 4. The summed E-state index contributed by atoms with van der Waals surface area (Å²) in [5.74, 6) is -0.472. The van der Waals surface area contributed by atoms with Crippen molar-refractivity contribution >= 4 is 46.6 Å². The molecular formula is C51H61N7O10. The second-order valence-electron chi connectivity index (χ2n) is 16.9. The Hall–Kier alpha value is -7.40. The highest BCUT2D eigenvalue weighted by Crippen LogP contribution is 2.38. The SMILES string of the molecule is COc1cc(/C=C/C(=O)N2CCN(C(=O)CC(O)C(CC(C)C)NC(=O)[C@H](Cc3c[nH]cn3)NC(=O)[C@H](Cc3cccc4ccccc34)NC(=O)OCc3ccccc3)CC2)cc(OC)c1OC. The molecule has 0 aliphatic carbocycles. The van der Waals surface area contributed by atoms with Crippen molar-refractivity contribution in [3.05, 3.63) is 126 Å². The van der Waals surface area contributed by atoms with Crippen LogP contribution >= 0.6 is 0 Å². The normalized spacial score (nSPS) is 14.5. The Bertz CT molecular complexity index is 2480. The number of aromatic nitrogens is 2. The number of aliphatic hydroxyl groups is 1. The van der Waals surface area contributed by atoms with Crippen LogP contribution in [0.2, 0.25) is 0 Å². The summed E-state index contributed by atoms with van der Waals surface area (Å²) < 4.78 is 21.7. The average molecular weight is 932 g/mol. The second-order valence-corrected chi connectivity index (χ2v) is 16.9. The Kier molecular flexibility index (Phi) is 17.9. The van der Waals surface area contributed by atoms with Crippen molar-refractivity contribution in [1.29, 1.82) is 0 Å². The Morgan fingerprint density at radius 3 is 2.09 bits per heavy atom. The molecule has 1 aliphatic rings. The Morgan fingerprint density at radius 2 is 1.43 bits per heavy atom. The van der Waals surface area contributed by atoms with Gasteiger partial charge in [0.2, 0.25) is 29.4 Å². The molecule has 360 valence electrons. The van der Waals surface area contributed by atoms with Gasteiger partial charge in [0.1, 0.15) is 18.7 Å². The van der Waals surface area contributed by atoms with Gasteiger partial charge in [0, 0.05) is 51.3 Å². The number of nitrogens with zero attached hydrogens (tertiary/aromatic N) is 3. The highest BCUT2D eigenvalue weighted by atomic mass is 16.5. The number of benzene rings is 4. The van der Waals surface area contributed by atoms with Gasteiger partial charge in [-0.3, -0.25) is 19.2 Å². The monoisotopic (exact) mass is 931 g/mol. The van der Waals surface area contributed by atoms with E-state index < -0.39 is 42.1 Å². The Morgan fingerprint density at radius 1 is 0.779 bits per heavy atom. The molecule has 5 N–H and O–H groups in total. The molecule has 17 heteroatoms. The lowest BCUT2D eigenvalue weighted by molar-refractivity contribution is -0.139. The molecule has 0 spiro atoms. The van der Waals surface area contributed by atoms with Crippen LogP contribution in [0.3, 0.4) is 0 Å². The molecule has 1 aliphatic heterocycles. The van der Waals surface area contributed by atoms with Crippen molar-refractivity contribution < 1.29 is 48.0 Å². The van der Waals surface area contributed by atoms with Crippen LogP contribution in [0.1, 0.15) is 49.1 Å². The van der Waals surface area contributed by atoms with Crippen molar-refractivity contribution in [3.8, 4) is 17.2 Å². The molecule has 6 rings (SSSR count).